The number of ether oxygens (including phenoxy) is 2. The van der Waals surface area contributed by atoms with Crippen LogP contribution < -0.4 is 5.32 Å². The smallest absolute Gasteiger partial charge is 0.407 e. The summed E-state index contributed by atoms with van der Waals surface area (Å²) < 4.78 is 10.5. The van der Waals surface area contributed by atoms with Crippen molar-refractivity contribution in [2.75, 3.05) is 13.2 Å². The number of nitrogens with one attached hydrogen (secondary N) is 1. The zero-order valence-corrected chi connectivity index (χ0v) is 21.0. The van der Waals surface area contributed by atoms with Gasteiger partial charge in [0, 0.05) is 0 Å². The van der Waals surface area contributed by atoms with Crippen molar-refractivity contribution in [3.8, 4) is 0 Å². The van der Waals surface area contributed by atoms with Crippen molar-refractivity contribution in [2.45, 2.75) is 136 Å². The van der Waals surface area contributed by atoms with Crippen molar-refractivity contribution in [1.82, 2.24) is 5.32 Å². The van der Waals surface area contributed by atoms with E-state index in [2.05, 4.69) is 12.2 Å². The van der Waals surface area contributed by atoms with Gasteiger partial charge in [-0.1, -0.05) is 118 Å². The first kappa shape index (κ1) is 29.7. The fourth-order valence-corrected chi connectivity index (χ4v) is 3.59. The van der Waals surface area contributed by atoms with Crippen LogP contribution in [0.2, 0.25) is 0 Å². The molecule has 0 aliphatic carbocycles. The number of hydrogen-bond acceptors (Lipinski definition) is 4. The van der Waals surface area contributed by atoms with E-state index in [0.29, 0.717) is 13.2 Å². The first-order chi connectivity index (χ1) is 15.1. The lowest BCUT2D eigenvalue weighted by Gasteiger charge is -2.22. The Hall–Kier alpha value is -1.26. The molecule has 0 aliphatic rings. The Morgan fingerprint density at radius 2 is 1.13 bits per heavy atom. The van der Waals surface area contributed by atoms with Gasteiger partial charge >= 0.3 is 12.1 Å². The molecule has 31 heavy (non-hydrogen) atoms. The molecule has 0 aromatic rings. The van der Waals surface area contributed by atoms with Gasteiger partial charge in [-0.25, -0.2) is 9.59 Å². The standard InChI is InChI=1S/C26H51NO4/c1-5-8-9-10-11-12-13-14-15-16-17-18-19-20-22-30-25(28)24(23(4)7-3)27-26(29)31-21-6-2/h23-24H,5-22H2,1-4H3,(H,27,29)/t23?,24-/m0/s1. The van der Waals surface area contributed by atoms with Gasteiger partial charge in [-0.05, 0) is 18.8 Å². The fourth-order valence-electron chi connectivity index (χ4n) is 3.59. The van der Waals surface area contributed by atoms with E-state index in [1.807, 2.05) is 20.8 Å². The van der Waals surface area contributed by atoms with Gasteiger partial charge in [0.25, 0.3) is 0 Å². The maximum Gasteiger partial charge on any atom is 0.407 e. The van der Waals surface area contributed by atoms with E-state index in [4.69, 9.17) is 9.47 Å². The highest BCUT2D eigenvalue weighted by atomic mass is 16.6. The van der Waals surface area contributed by atoms with Crippen LogP contribution in [0.1, 0.15) is 130 Å². The molecule has 0 radical (unpaired) electrons. The minimum atomic E-state index is -0.638. The van der Waals surface area contributed by atoms with Crippen LogP contribution in [0.15, 0.2) is 0 Å². The minimum Gasteiger partial charge on any atom is -0.464 e. The van der Waals surface area contributed by atoms with Crippen molar-refractivity contribution in [3.05, 3.63) is 0 Å². The van der Waals surface area contributed by atoms with E-state index in [9.17, 15) is 9.59 Å². The molecule has 0 rings (SSSR count). The number of carbonyl (C=O) groups is 2. The molecule has 2 atom stereocenters. The Morgan fingerprint density at radius 3 is 1.58 bits per heavy atom. The highest BCUT2D eigenvalue weighted by Gasteiger charge is 2.27. The number of alkyl carbamates (subject to hydrolysis) is 1. The number of unbranched alkanes of at least 4 members (excludes halogenated alkanes) is 13. The third-order valence-electron chi connectivity index (χ3n) is 5.92. The molecular formula is C26H51NO4. The molecule has 0 spiro atoms. The van der Waals surface area contributed by atoms with Crippen LogP contribution in [-0.2, 0) is 14.3 Å². The van der Waals surface area contributed by atoms with Crippen LogP contribution in [0.3, 0.4) is 0 Å². The molecule has 5 heteroatoms. The highest BCUT2D eigenvalue weighted by Crippen LogP contribution is 2.14. The van der Waals surface area contributed by atoms with Crippen molar-refractivity contribution in [1.29, 1.82) is 0 Å². The quantitative estimate of drug-likeness (QED) is 0.147. The normalized spacial score (nSPS) is 12.9. The second-order valence-corrected chi connectivity index (χ2v) is 8.91. The van der Waals surface area contributed by atoms with Crippen molar-refractivity contribution >= 4 is 12.1 Å². The molecule has 0 fully saturated rings. The Labute approximate surface area is 192 Å². The SMILES string of the molecule is CCCCCCCCCCCCCCCCOC(=O)[C@@H](NC(=O)OCCC)C(C)CC. The number of esters is 1. The van der Waals surface area contributed by atoms with Gasteiger partial charge in [-0.3, -0.25) is 0 Å². The predicted octanol–water partition coefficient (Wildman–Crippen LogP) is 7.56. The summed E-state index contributed by atoms with van der Waals surface area (Å²) in [6.45, 7) is 8.92. The molecule has 0 saturated carbocycles. The molecule has 0 aromatic heterocycles. The van der Waals surface area contributed by atoms with Gasteiger partial charge in [-0.15, -0.1) is 0 Å². The van der Waals surface area contributed by atoms with Crippen LogP contribution in [-0.4, -0.2) is 31.3 Å². The average molecular weight is 442 g/mol. The van der Waals surface area contributed by atoms with Crippen molar-refractivity contribution in [2.24, 2.45) is 5.92 Å². The van der Waals surface area contributed by atoms with Crippen molar-refractivity contribution < 1.29 is 19.1 Å². The molecule has 1 amide bonds. The molecule has 0 aromatic carbocycles. The van der Waals surface area contributed by atoms with E-state index >= 15 is 0 Å². The number of carbonyl (C=O) groups excluding carboxylic acids is 2. The molecule has 0 bridgehead atoms. The molecule has 5 nitrogen and oxygen atoms in total. The van der Waals surface area contributed by atoms with Crippen LogP contribution in [0.4, 0.5) is 4.79 Å². The van der Waals surface area contributed by atoms with Crippen LogP contribution in [0.25, 0.3) is 0 Å². The zero-order valence-electron chi connectivity index (χ0n) is 21.0. The number of amides is 1. The highest BCUT2D eigenvalue weighted by molar-refractivity contribution is 5.81. The van der Waals surface area contributed by atoms with Crippen LogP contribution in [0, 0.1) is 5.92 Å². The Bertz CT molecular complexity index is 428. The maximum absolute atomic E-state index is 12.4. The summed E-state index contributed by atoms with van der Waals surface area (Å²) in [6.07, 6.45) is 19.2. The second kappa shape index (κ2) is 22.0. The lowest BCUT2D eigenvalue weighted by molar-refractivity contribution is -0.147. The lowest BCUT2D eigenvalue weighted by atomic mass is 9.99. The van der Waals surface area contributed by atoms with E-state index in [1.165, 1.54) is 77.0 Å². The van der Waals surface area contributed by atoms with E-state index in [1.54, 1.807) is 0 Å². The van der Waals surface area contributed by atoms with E-state index < -0.39 is 12.1 Å². The Kier molecular flexibility index (Phi) is 21.1. The molecule has 0 aliphatic heterocycles. The molecule has 1 unspecified atom stereocenters. The second-order valence-electron chi connectivity index (χ2n) is 8.91. The average Bonchev–Trinajstić information content (AvgIpc) is 2.77. The topological polar surface area (TPSA) is 64.6 Å². The predicted molar refractivity (Wildman–Crippen MR) is 129 cm³/mol. The molecule has 184 valence electrons. The van der Waals surface area contributed by atoms with Crippen LogP contribution in [0.5, 0.6) is 0 Å². The van der Waals surface area contributed by atoms with Gasteiger partial charge < -0.3 is 14.8 Å². The van der Waals surface area contributed by atoms with Gasteiger partial charge in [0.05, 0.1) is 13.2 Å². The van der Waals surface area contributed by atoms with Crippen LogP contribution >= 0.6 is 0 Å². The zero-order chi connectivity index (χ0) is 23.2. The first-order valence-electron chi connectivity index (χ1n) is 13.2. The third-order valence-corrected chi connectivity index (χ3v) is 5.92. The van der Waals surface area contributed by atoms with Gasteiger partial charge in [0.15, 0.2) is 0 Å². The summed E-state index contributed by atoms with van der Waals surface area (Å²) in [4.78, 5) is 24.2. The van der Waals surface area contributed by atoms with Crippen molar-refractivity contribution in [3.63, 3.8) is 0 Å². The first-order valence-corrected chi connectivity index (χ1v) is 13.2. The summed E-state index contributed by atoms with van der Waals surface area (Å²) >= 11 is 0. The molecule has 0 saturated heterocycles. The largest absolute Gasteiger partial charge is 0.464 e. The Balaban J connectivity index is 3.70. The molecular weight excluding hydrogens is 390 g/mol. The van der Waals surface area contributed by atoms with E-state index in [-0.39, 0.29) is 11.9 Å². The van der Waals surface area contributed by atoms with E-state index in [0.717, 1.165) is 25.7 Å². The Morgan fingerprint density at radius 1 is 0.645 bits per heavy atom. The van der Waals surface area contributed by atoms with Gasteiger partial charge in [0.1, 0.15) is 6.04 Å². The summed E-state index contributed by atoms with van der Waals surface area (Å²) in [5.74, 6) is -0.337. The number of hydrogen-bond donors (Lipinski definition) is 1. The minimum absolute atomic E-state index is 0.0121. The monoisotopic (exact) mass is 441 g/mol. The number of rotatable bonds is 21. The molecule has 1 N–H and O–H groups in total. The summed E-state index contributed by atoms with van der Waals surface area (Å²) in [5.41, 5.74) is 0. The third kappa shape index (κ3) is 18.1. The fraction of sp³-hybridized carbons (Fsp3) is 0.923. The summed E-state index contributed by atoms with van der Waals surface area (Å²) in [6, 6.07) is -0.638. The lowest BCUT2D eigenvalue weighted by Crippen LogP contribution is -2.46. The molecule has 0 heterocycles. The van der Waals surface area contributed by atoms with Gasteiger partial charge in [0.2, 0.25) is 0 Å². The van der Waals surface area contributed by atoms with Gasteiger partial charge in [-0.2, -0.15) is 0 Å². The summed E-state index contributed by atoms with van der Waals surface area (Å²) in [5, 5.41) is 2.67. The maximum atomic E-state index is 12.4. The summed E-state index contributed by atoms with van der Waals surface area (Å²) in [7, 11) is 0.